The van der Waals surface area contributed by atoms with Crippen LogP contribution >= 0.6 is 0 Å². The van der Waals surface area contributed by atoms with Gasteiger partial charge in [0.25, 0.3) is 0 Å². The number of benzene rings is 2. The lowest BCUT2D eigenvalue weighted by atomic mass is 9.83. The van der Waals surface area contributed by atoms with Gasteiger partial charge in [-0.1, -0.05) is 74.4 Å². The first kappa shape index (κ1) is 30.5. The highest BCUT2D eigenvalue weighted by Gasteiger charge is 2.24. The fourth-order valence-corrected chi connectivity index (χ4v) is 4.53. The van der Waals surface area contributed by atoms with Crippen molar-refractivity contribution in [1.82, 2.24) is 10.6 Å². The Kier molecular flexibility index (Phi) is 11.9. The van der Waals surface area contributed by atoms with Crippen LogP contribution in [0.2, 0.25) is 0 Å². The molecule has 1 aliphatic rings. The van der Waals surface area contributed by atoms with Gasteiger partial charge in [-0.3, -0.25) is 10.1 Å². The van der Waals surface area contributed by atoms with Crippen LogP contribution in [0.15, 0.2) is 66.4 Å². The molecule has 2 aromatic carbocycles. The molecule has 7 nitrogen and oxygen atoms in total. The first-order chi connectivity index (χ1) is 18.1. The number of carboxylic acid groups (broad SMARTS) is 1. The summed E-state index contributed by atoms with van der Waals surface area (Å²) in [7, 11) is 3.40. The van der Waals surface area contributed by atoms with Crippen molar-refractivity contribution in [2.24, 2.45) is 11.8 Å². The van der Waals surface area contributed by atoms with Gasteiger partial charge < -0.3 is 19.9 Å². The minimum Gasteiger partial charge on any atom is -0.496 e. The number of nitrogens with one attached hydrogen (secondary N) is 2. The van der Waals surface area contributed by atoms with Crippen molar-refractivity contribution in [2.75, 3.05) is 14.2 Å². The first-order valence-corrected chi connectivity index (χ1v) is 13.1. The Balaban J connectivity index is 0.000000423. The molecule has 0 heterocycles. The summed E-state index contributed by atoms with van der Waals surface area (Å²) < 4.78 is 10.9. The number of ether oxygens (including phenoxy) is 2. The van der Waals surface area contributed by atoms with Crippen molar-refractivity contribution in [3.05, 3.63) is 83.1 Å². The second kappa shape index (κ2) is 14.9. The van der Waals surface area contributed by atoms with E-state index in [1.165, 1.54) is 6.42 Å². The molecule has 0 saturated heterocycles. The SMILES string of the molecule is C=C(C)/C(NC(=O)OC(C)c1ccccc1OC)=C(\NC)c1ccc(C)cc1.C[C@H]1CCCC(C(=O)O)C1. The van der Waals surface area contributed by atoms with Gasteiger partial charge in [0.15, 0.2) is 0 Å². The van der Waals surface area contributed by atoms with Gasteiger partial charge in [-0.05, 0) is 56.7 Å². The molecule has 2 unspecified atom stereocenters. The number of carbonyl (C=O) groups excluding carboxylic acids is 1. The number of hydrogen-bond acceptors (Lipinski definition) is 5. The molecule has 206 valence electrons. The minimum absolute atomic E-state index is 0.0521. The lowest BCUT2D eigenvalue weighted by Crippen LogP contribution is -2.28. The van der Waals surface area contributed by atoms with Crippen LogP contribution in [0.4, 0.5) is 4.79 Å². The molecule has 0 aromatic heterocycles. The highest BCUT2D eigenvalue weighted by Crippen LogP contribution is 2.29. The molecule has 38 heavy (non-hydrogen) atoms. The molecular formula is C31H42N2O5. The number of allylic oxidation sites excluding steroid dienone is 1. The summed E-state index contributed by atoms with van der Waals surface area (Å²) in [4.78, 5) is 23.1. The third-order valence-corrected chi connectivity index (χ3v) is 6.64. The van der Waals surface area contributed by atoms with Crippen LogP contribution in [-0.2, 0) is 9.53 Å². The molecule has 7 heteroatoms. The lowest BCUT2D eigenvalue weighted by Gasteiger charge is -2.22. The van der Waals surface area contributed by atoms with Gasteiger partial charge in [0.1, 0.15) is 11.9 Å². The third kappa shape index (κ3) is 8.98. The zero-order valence-corrected chi connectivity index (χ0v) is 23.5. The average Bonchev–Trinajstić information content (AvgIpc) is 2.89. The van der Waals surface area contributed by atoms with Crippen molar-refractivity contribution in [3.63, 3.8) is 0 Å². The number of aliphatic carboxylic acids is 1. The number of aryl methyl sites for hydroxylation is 1. The lowest BCUT2D eigenvalue weighted by molar-refractivity contribution is -0.143. The van der Waals surface area contributed by atoms with Gasteiger partial charge in [0, 0.05) is 12.6 Å². The van der Waals surface area contributed by atoms with Crippen LogP contribution < -0.4 is 15.4 Å². The van der Waals surface area contributed by atoms with Crippen LogP contribution in [-0.4, -0.2) is 31.3 Å². The number of para-hydroxylation sites is 1. The van der Waals surface area contributed by atoms with E-state index in [-0.39, 0.29) is 5.92 Å². The standard InChI is InChI=1S/C23H28N2O3.C8H14O2/c1-15(2)21(22(24-5)18-13-11-16(3)12-14-18)25-23(26)28-17(4)19-9-7-8-10-20(19)27-6;1-6-3-2-4-7(5-6)8(9)10/h7-14,17,24H,1H2,2-6H3,(H,25,26);6-7H,2-5H2,1H3,(H,9,10)/b22-21+;/t;6-,7?/m.0/s1. The smallest absolute Gasteiger partial charge is 0.412 e. The van der Waals surface area contributed by atoms with E-state index in [0.717, 1.165) is 41.6 Å². The molecule has 0 aliphatic heterocycles. The first-order valence-electron chi connectivity index (χ1n) is 13.1. The third-order valence-electron chi connectivity index (χ3n) is 6.64. The molecule has 2 aromatic rings. The fourth-order valence-electron chi connectivity index (χ4n) is 4.53. The second-order valence-corrected chi connectivity index (χ2v) is 9.87. The molecule has 0 bridgehead atoms. The number of carbonyl (C=O) groups is 2. The van der Waals surface area contributed by atoms with E-state index < -0.39 is 18.2 Å². The Bertz CT molecular complexity index is 1120. The van der Waals surface area contributed by atoms with Crippen LogP contribution in [0.5, 0.6) is 5.75 Å². The molecule has 3 N–H and O–H groups in total. The molecule has 1 saturated carbocycles. The van der Waals surface area contributed by atoms with E-state index in [4.69, 9.17) is 14.6 Å². The molecule has 1 amide bonds. The number of methoxy groups -OCH3 is 1. The van der Waals surface area contributed by atoms with Gasteiger partial charge in [0.2, 0.25) is 0 Å². The van der Waals surface area contributed by atoms with E-state index in [0.29, 0.717) is 22.9 Å². The molecule has 1 fully saturated rings. The minimum atomic E-state index is -0.605. The predicted octanol–water partition coefficient (Wildman–Crippen LogP) is 6.85. The Hall–Kier alpha value is -3.74. The zero-order valence-electron chi connectivity index (χ0n) is 23.5. The average molecular weight is 523 g/mol. The van der Waals surface area contributed by atoms with Crippen molar-refractivity contribution in [2.45, 2.75) is 59.5 Å². The van der Waals surface area contributed by atoms with Crippen LogP contribution in [0, 0.1) is 18.8 Å². The van der Waals surface area contributed by atoms with E-state index in [9.17, 15) is 9.59 Å². The zero-order chi connectivity index (χ0) is 28.2. The largest absolute Gasteiger partial charge is 0.496 e. The molecule has 0 radical (unpaired) electrons. The van der Waals surface area contributed by atoms with Crippen LogP contribution in [0.3, 0.4) is 0 Å². The molecule has 1 aliphatic carbocycles. The van der Waals surface area contributed by atoms with Crippen molar-refractivity contribution < 1.29 is 24.2 Å². The Morgan fingerprint density at radius 3 is 2.29 bits per heavy atom. The van der Waals surface area contributed by atoms with Crippen molar-refractivity contribution >= 4 is 17.8 Å². The summed E-state index contributed by atoms with van der Waals surface area (Å²) in [5.74, 6) is 0.638. The Labute approximate surface area is 226 Å². The van der Waals surface area contributed by atoms with Gasteiger partial charge in [0.05, 0.1) is 24.4 Å². The summed E-state index contributed by atoms with van der Waals surface area (Å²) >= 11 is 0. The highest BCUT2D eigenvalue weighted by atomic mass is 16.6. The van der Waals surface area contributed by atoms with Gasteiger partial charge in [-0.15, -0.1) is 0 Å². The number of carboxylic acids is 1. The summed E-state index contributed by atoms with van der Waals surface area (Å²) in [5, 5.41) is 14.6. The maximum atomic E-state index is 12.6. The Morgan fingerprint density at radius 2 is 1.76 bits per heavy atom. The second-order valence-electron chi connectivity index (χ2n) is 9.87. The number of alkyl carbamates (subject to hydrolysis) is 1. The van der Waals surface area contributed by atoms with E-state index in [1.807, 2.05) is 69.4 Å². The molecular weight excluding hydrogens is 480 g/mol. The van der Waals surface area contributed by atoms with Gasteiger partial charge >= 0.3 is 12.1 Å². The van der Waals surface area contributed by atoms with Gasteiger partial charge in [-0.2, -0.15) is 0 Å². The Morgan fingerprint density at radius 1 is 1.11 bits per heavy atom. The topological polar surface area (TPSA) is 96.9 Å². The van der Waals surface area contributed by atoms with Crippen molar-refractivity contribution in [3.8, 4) is 5.75 Å². The van der Waals surface area contributed by atoms with Crippen LogP contribution in [0.1, 0.15) is 69.2 Å². The fraction of sp³-hybridized carbons (Fsp3) is 0.419. The molecule has 3 atom stereocenters. The summed E-state index contributed by atoms with van der Waals surface area (Å²) in [5.41, 5.74) is 4.98. The van der Waals surface area contributed by atoms with E-state index in [2.05, 4.69) is 24.1 Å². The number of hydrogen-bond donors (Lipinski definition) is 3. The normalized spacial score (nSPS) is 18.1. The monoisotopic (exact) mass is 522 g/mol. The molecule has 0 spiro atoms. The maximum Gasteiger partial charge on any atom is 0.412 e. The summed E-state index contributed by atoms with van der Waals surface area (Å²) in [6, 6.07) is 15.5. The van der Waals surface area contributed by atoms with Crippen LogP contribution in [0.25, 0.3) is 5.70 Å². The predicted molar refractivity (Wildman–Crippen MR) is 152 cm³/mol. The number of amides is 1. The van der Waals surface area contributed by atoms with E-state index in [1.54, 1.807) is 14.0 Å². The summed E-state index contributed by atoms with van der Waals surface area (Å²) in [6.07, 6.45) is 3.05. The highest BCUT2D eigenvalue weighted by molar-refractivity contribution is 5.78. The van der Waals surface area contributed by atoms with Gasteiger partial charge in [-0.25, -0.2) is 4.79 Å². The molecule has 3 rings (SSSR count). The number of rotatable bonds is 8. The van der Waals surface area contributed by atoms with E-state index >= 15 is 0 Å². The quantitative estimate of drug-likeness (QED) is 0.328. The maximum absolute atomic E-state index is 12.6. The summed E-state index contributed by atoms with van der Waals surface area (Å²) in [6.45, 7) is 11.8. The van der Waals surface area contributed by atoms with Crippen molar-refractivity contribution in [1.29, 1.82) is 0 Å².